The molecule has 6 rings (SSSR count). The normalized spacial score (nSPS) is 33.5. The lowest BCUT2D eigenvalue weighted by molar-refractivity contribution is 0.0730. The highest BCUT2D eigenvalue weighted by atomic mass is 19.1. The smallest absolute Gasteiger partial charge is 0.129 e. The monoisotopic (exact) mass is 550 g/mol. The SMILES string of the molecule is CCCC(O)C1CCC(c2ccc(C3CCC(C4CCC(c5ccc(C6CO6)c(F)c5)CC4)CC3)c(F)c2)CC1. The lowest BCUT2D eigenvalue weighted by atomic mass is 9.67. The number of ether oxygens (including phenoxy) is 1. The fraction of sp³-hybridized carbons (Fsp3) is 0.667. The van der Waals surface area contributed by atoms with Crippen LogP contribution in [0.4, 0.5) is 8.78 Å². The van der Waals surface area contributed by atoms with Gasteiger partial charge in [-0.2, -0.15) is 0 Å². The molecule has 2 aromatic rings. The van der Waals surface area contributed by atoms with Gasteiger partial charge in [-0.1, -0.05) is 37.6 Å². The molecular formula is C36H48F2O2. The van der Waals surface area contributed by atoms with Crippen molar-refractivity contribution < 1.29 is 18.6 Å². The van der Waals surface area contributed by atoms with E-state index in [2.05, 4.69) is 25.1 Å². The fourth-order valence-electron chi connectivity index (χ4n) is 8.61. The second-order valence-electron chi connectivity index (χ2n) is 13.6. The number of rotatable bonds is 8. The highest BCUT2D eigenvalue weighted by Gasteiger charge is 2.34. The third-order valence-electron chi connectivity index (χ3n) is 11.2. The summed E-state index contributed by atoms with van der Waals surface area (Å²) in [5, 5.41) is 10.4. The largest absolute Gasteiger partial charge is 0.393 e. The predicted molar refractivity (Wildman–Crippen MR) is 157 cm³/mol. The maximum absolute atomic E-state index is 15.4. The average Bonchev–Trinajstić information content (AvgIpc) is 3.83. The Labute approximate surface area is 239 Å². The average molecular weight is 551 g/mol. The van der Waals surface area contributed by atoms with E-state index in [1.807, 2.05) is 12.1 Å². The zero-order valence-electron chi connectivity index (χ0n) is 24.3. The minimum Gasteiger partial charge on any atom is -0.393 e. The van der Waals surface area contributed by atoms with Crippen molar-refractivity contribution in [3.63, 3.8) is 0 Å². The van der Waals surface area contributed by atoms with Crippen LogP contribution in [0.3, 0.4) is 0 Å². The number of hydrogen-bond donors (Lipinski definition) is 1. The van der Waals surface area contributed by atoms with Gasteiger partial charge in [0.1, 0.15) is 17.7 Å². The Morgan fingerprint density at radius 3 is 1.65 bits per heavy atom. The Kier molecular flexibility index (Phi) is 8.94. The first-order valence-electron chi connectivity index (χ1n) is 16.4. The molecule has 4 fully saturated rings. The van der Waals surface area contributed by atoms with Gasteiger partial charge < -0.3 is 9.84 Å². The van der Waals surface area contributed by atoms with Gasteiger partial charge in [0.05, 0.1) is 12.7 Å². The van der Waals surface area contributed by atoms with Crippen LogP contribution in [0.25, 0.3) is 0 Å². The summed E-state index contributed by atoms with van der Waals surface area (Å²) >= 11 is 0. The first-order chi connectivity index (χ1) is 19.5. The van der Waals surface area contributed by atoms with Gasteiger partial charge in [0.15, 0.2) is 0 Å². The van der Waals surface area contributed by atoms with E-state index < -0.39 is 0 Å². The molecule has 1 heterocycles. The van der Waals surface area contributed by atoms with Crippen molar-refractivity contribution in [1.82, 2.24) is 0 Å². The first kappa shape index (κ1) is 28.3. The van der Waals surface area contributed by atoms with Crippen LogP contribution in [-0.2, 0) is 4.74 Å². The second-order valence-corrected chi connectivity index (χ2v) is 13.6. The van der Waals surface area contributed by atoms with Crippen LogP contribution >= 0.6 is 0 Å². The van der Waals surface area contributed by atoms with Crippen LogP contribution in [0, 0.1) is 29.4 Å². The van der Waals surface area contributed by atoms with Crippen LogP contribution in [0.15, 0.2) is 36.4 Å². The maximum Gasteiger partial charge on any atom is 0.129 e. The summed E-state index contributed by atoms with van der Waals surface area (Å²) in [4.78, 5) is 0. The van der Waals surface area contributed by atoms with Gasteiger partial charge in [0, 0.05) is 5.56 Å². The molecule has 2 nitrogen and oxygen atoms in total. The fourth-order valence-corrected chi connectivity index (χ4v) is 8.61. The molecule has 4 aliphatic rings. The number of halogens is 2. The number of aliphatic hydroxyl groups is 1. The van der Waals surface area contributed by atoms with E-state index in [1.165, 1.54) is 25.7 Å². The third kappa shape index (κ3) is 6.33. The molecule has 3 saturated carbocycles. The molecule has 1 saturated heterocycles. The van der Waals surface area contributed by atoms with Crippen LogP contribution in [0.2, 0.25) is 0 Å². The lowest BCUT2D eigenvalue weighted by Gasteiger charge is -2.38. The zero-order chi connectivity index (χ0) is 27.6. The van der Waals surface area contributed by atoms with Crippen molar-refractivity contribution in [3.05, 3.63) is 70.3 Å². The number of hydrogen-bond acceptors (Lipinski definition) is 2. The molecule has 1 N–H and O–H groups in total. The lowest BCUT2D eigenvalue weighted by Crippen LogP contribution is -2.25. The predicted octanol–water partition coefficient (Wildman–Crippen LogP) is 9.72. The van der Waals surface area contributed by atoms with E-state index in [4.69, 9.17) is 4.74 Å². The van der Waals surface area contributed by atoms with Gasteiger partial charge in [0.2, 0.25) is 0 Å². The summed E-state index contributed by atoms with van der Waals surface area (Å²) in [6, 6.07) is 12.0. The Morgan fingerprint density at radius 2 is 1.18 bits per heavy atom. The molecule has 2 aromatic carbocycles. The molecule has 4 heteroatoms. The maximum atomic E-state index is 15.4. The molecule has 0 amide bonds. The summed E-state index contributed by atoms with van der Waals surface area (Å²) in [5.74, 6) is 3.09. The zero-order valence-corrected chi connectivity index (χ0v) is 24.3. The van der Waals surface area contributed by atoms with Crippen LogP contribution in [-0.4, -0.2) is 17.8 Å². The Hall–Kier alpha value is -1.78. The molecule has 3 aliphatic carbocycles. The number of aliphatic hydroxyl groups excluding tert-OH is 1. The summed E-state index contributed by atoms with van der Waals surface area (Å²) in [7, 11) is 0. The van der Waals surface area contributed by atoms with E-state index in [9.17, 15) is 9.50 Å². The van der Waals surface area contributed by atoms with Crippen LogP contribution < -0.4 is 0 Å². The molecule has 2 atom stereocenters. The Morgan fingerprint density at radius 1 is 0.700 bits per heavy atom. The first-order valence-corrected chi connectivity index (χ1v) is 16.4. The summed E-state index contributed by atoms with van der Waals surface area (Å²) in [6.07, 6.45) is 15.3. The second kappa shape index (κ2) is 12.6. The number of benzene rings is 2. The van der Waals surface area contributed by atoms with Gasteiger partial charge in [0.25, 0.3) is 0 Å². The van der Waals surface area contributed by atoms with Crippen molar-refractivity contribution in [1.29, 1.82) is 0 Å². The minimum absolute atomic E-state index is 0.00102. The van der Waals surface area contributed by atoms with Gasteiger partial charge >= 0.3 is 0 Å². The van der Waals surface area contributed by atoms with Gasteiger partial charge in [-0.25, -0.2) is 8.78 Å². The number of epoxide rings is 1. The van der Waals surface area contributed by atoms with Crippen molar-refractivity contribution in [2.45, 2.75) is 127 Å². The molecule has 0 bridgehead atoms. The highest BCUT2D eigenvalue weighted by Crippen LogP contribution is 2.47. The van der Waals surface area contributed by atoms with E-state index in [0.717, 1.165) is 92.7 Å². The molecule has 0 aromatic heterocycles. The molecule has 0 radical (unpaired) electrons. The molecule has 40 heavy (non-hydrogen) atoms. The van der Waals surface area contributed by atoms with Crippen molar-refractivity contribution in [3.8, 4) is 0 Å². The van der Waals surface area contributed by atoms with Gasteiger partial charge in [-0.15, -0.1) is 0 Å². The van der Waals surface area contributed by atoms with Crippen molar-refractivity contribution in [2.24, 2.45) is 17.8 Å². The van der Waals surface area contributed by atoms with E-state index in [-0.39, 0.29) is 23.8 Å². The third-order valence-corrected chi connectivity index (χ3v) is 11.2. The Bertz CT molecular complexity index is 1120. The molecule has 2 unspecified atom stereocenters. The van der Waals surface area contributed by atoms with Crippen molar-refractivity contribution in [2.75, 3.05) is 6.61 Å². The van der Waals surface area contributed by atoms with Gasteiger partial charge in [-0.3, -0.25) is 0 Å². The van der Waals surface area contributed by atoms with E-state index in [0.29, 0.717) is 35.8 Å². The quantitative estimate of drug-likeness (QED) is 0.332. The van der Waals surface area contributed by atoms with Crippen molar-refractivity contribution >= 4 is 0 Å². The van der Waals surface area contributed by atoms with E-state index >= 15 is 4.39 Å². The van der Waals surface area contributed by atoms with E-state index in [1.54, 1.807) is 6.07 Å². The Balaban J connectivity index is 0.975. The molecule has 218 valence electrons. The summed E-state index contributed by atoms with van der Waals surface area (Å²) < 4.78 is 35.2. The van der Waals surface area contributed by atoms with Gasteiger partial charge in [-0.05, 0) is 148 Å². The molecular weight excluding hydrogens is 502 g/mol. The molecule has 1 aliphatic heterocycles. The summed E-state index contributed by atoms with van der Waals surface area (Å²) in [5.41, 5.74) is 3.96. The highest BCUT2D eigenvalue weighted by molar-refractivity contribution is 5.31. The summed E-state index contributed by atoms with van der Waals surface area (Å²) in [6.45, 7) is 2.78. The molecule has 0 spiro atoms. The van der Waals surface area contributed by atoms with Crippen LogP contribution in [0.5, 0.6) is 0 Å². The topological polar surface area (TPSA) is 32.8 Å². The van der Waals surface area contributed by atoms with Crippen LogP contribution in [0.1, 0.15) is 143 Å². The standard InChI is InChI=1S/C36H48F2O2/c1-2-3-35(39)28-14-10-26(11-15-28)29-16-18-31(33(37)20-29)27-12-8-24(9-13-27)23-4-6-25(7-5-23)30-17-19-32(34(38)21-30)36-22-40-36/h16-21,23-28,35-36,39H,2-15,22H2,1H3. The minimum atomic E-state index is -0.167.